The number of thiazole rings is 1. The Balaban J connectivity index is 1.37. The molecule has 1 saturated heterocycles. The van der Waals surface area contributed by atoms with E-state index in [0.717, 1.165) is 56.5 Å². The van der Waals surface area contributed by atoms with Gasteiger partial charge in [-0.05, 0) is 38.2 Å². The Hall–Kier alpha value is -2.15. The molecule has 1 atom stereocenters. The van der Waals surface area contributed by atoms with Crippen LogP contribution in [-0.4, -0.2) is 35.6 Å². The SMILES string of the molecule is CCc1csc(C2CCN(C(=O)NC3CCCOc4cc(F)ccc43)CC2)n1. The highest BCUT2D eigenvalue weighted by atomic mass is 32.1. The number of aryl methyl sites for hydroxylation is 1. The van der Waals surface area contributed by atoms with Crippen LogP contribution in [0.3, 0.4) is 0 Å². The van der Waals surface area contributed by atoms with Crippen LogP contribution in [0.15, 0.2) is 23.6 Å². The van der Waals surface area contributed by atoms with Gasteiger partial charge in [0.05, 0.1) is 23.4 Å². The summed E-state index contributed by atoms with van der Waals surface area (Å²) in [7, 11) is 0. The summed E-state index contributed by atoms with van der Waals surface area (Å²) in [5, 5.41) is 6.49. The van der Waals surface area contributed by atoms with E-state index < -0.39 is 0 Å². The first-order valence-electron chi connectivity index (χ1n) is 10.1. The lowest BCUT2D eigenvalue weighted by molar-refractivity contribution is 0.177. The van der Waals surface area contributed by atoms with Gasteiger partial charge >= 0.3 is 6.03 Å². The van der Waals surface area contributed by atoms with E-state index in [2.05, 4.69) is 17.6 Å². The molecule has 0 radical (unpaired) electrons. The van der Waals surface area contributed by atoms with E-state index in [0.29, 0.717) is 18.3 Å². The van der Waals surface area contributed by atoms with Crippen LogP contribution in [0.25, 0.3) is 0 Å². The van der Waals surface area contributed by atoms with Crippen LogP contribution in [0, 0.1) is 5.82 Å². The van der Waals surface area contributed by atoms with Gasteiger partial charge in [0.15, 0.2) is 0 Å². The first kappa shape index (κ1) is 19.2. The number of piperidine rings is 1. The number of halogens is 1. The molecular formula is C21H26FN3O2S. The summed E-state index contributed by atoms with van der Waals surface area (Å²) >= 11 is 1.74. The van der Waals surface area contributed by atoms with Crippen molar-refractivity contribution in [1.82, 2.24) is 15.2 Å². The van der Waals surface area contributed by atoms with Gasteiger partial charge in [0.25, 0.3) is 0 Å². The zero-order valence-electron chi connectivity index (χ0n) is 16.1. The predicted molar refractivity (Wildman–Crippen MR) is 107 cm³/mol. The molecule has 5 nitrogen and oxygen atoms in total. The maximum Gasteiger partial charge on any atom is 0.317 e. The number of nitrogens with zero attached hydrogens (tertiary/aromatic N) is 2. The number of fused-ring (bicyclic) bond motifs is 1. The van der Waals surface area contributed by atoms with Crippen LogP contribution in [0.1, 0.15) is 60.8 Å². The molecule has 3 heterocycles. The van der Waals surface area contributed by atoms with Crippen molar-refractivity contribution in [1.29, 1.82) is 0 Å². The molecular weight excluding hydrogens is 377 g/mol. The Morgan fingerprint density at radius 2 is 2.18 bits per heavy atom. The molecule has 2 aromatic rings. The second-order valence-corrected chi connectivity index (χ2v) is 8.36. The van der Waals surface area contributed by atoms with Crippen molar-refractivity contribution in [3.63, 3.8) is 0 Å². The molecule has 28 heavy (non-hydrogen) atoms. The van der Waals surface area contributed by atoms with Crippen LogP contribution in [0.4, 0.5) is 9.18 Å². The van der Waals surface area contributed by atoms with Crippen LogP contribution in [0.2, 0.25) is 0 Å². The molecule has 7 heteroatoms. The van der Waals surface area contributed by atoms with E-state index in [1.54, 1.807) is 17.4 Å². The third kappa shape index (κ3) is 4.14. The summed E-state index contributed by atoms with van der Waals surface area (Å²) in [6.45, 7) is 4.13. The van der Waals surface area contributed by atoms with Gasteiger partial charge in [-0.25, -0.2) is 14.2 Å². The zero-order chi connectivity index (χ0) is 19.5. The van der Waals surface area contributed by atoms with Gasteiger partial charge in [-0.3, -0.25) is 0 Å². The fraction of sp³-hybridized carbons (Fsp3) is 0.524. The highest BCUT2D eigenvalue weighted by Gasteiger charge is 2.28. The number of ether oxygens (including phenoxy) is 1. The Bertz CT molecular complexity index is 833. The van der Waals surface area contributed by atoms with E-state index in [-0.39, 0.29) is 17.9 Å². The van der Waals surface area contributed by atoms with Gasteiger partial charge in [0.1, 0.15) is 11.6 Å². The lowest BCUT2D eigenvalue weighted by Crippen LogP contribution is -2.45. The lowest BCUT2D eigenvalue weighted by Gasteiger charge is -2.32. The predicted octanol–water partition coefficient (Wildman–Crippen LogP) is 4.65. The number of hydrogen-bond donors (Lipinski definition) is 1. The van der Waals surface area contributed by atoms with Gasteiger partial charge in [0.2, 0.25) is 0 Å². The number of amides is 2. The third-order valence-corrected chi connectivity index (χ3v) is 6.66. The summed E-state index contributed by atoms with van der Waals surface area (Å²) in [6.07, 6.45) is 4.47. The smallest absolute Gasteiger partial charge is 0.317 e. The van der Waals surface area contributed by atoms with Crippen molar-refractivity contribution in [2.45, 2.75) is 51.0 Å². The molecule has 1 fully saturated rings. The maximum absolute atomic E-state index is 13.5. The number of carbonyl (C=O) groups is 1. The molecule has 1 aromatic carbocycles. The summed E-state index contributed by atoms with van der Waals surface area (Å²) in [5.74, 6) is 0.669. The van der Waals surface area contributed by atoms with Crippen molar-refractivity contribution >= 4 is 17.4 Å². The topological polar surface area (TPSA) is 54.5 Å². The van der Waals surface area contributed by atoms with Gasteiger partial charge in [-0.15, -0.1) is 11.3 Å². The number of aromatic nitrogens is 1. The van der Waals surface area contributed by atoms with Crippen LogP contribution < -0.4 is 10.1 Å². The maximum atomic E-state index is 13.5. The minimum absolute atomic E-state index is 0.0472. The van der Waals surface area contributed by atoms with E-state index in [1.807, 2.05) is 4.90 Å². The lowest BCUT2D eigenvalue weighted by atomic mass is 9.97. The number of hydrogen-bond acceptors (Lipinski definition) is 4. The highest BCUT2D eigenvalue weighted by molar-refractivity contribution is 7.09. The largest absolute Gasteiger partial charge is 0.493 e. The monoisotopic (exact) mass is 403 g/mol. The number of benzene rings is 1. The van der Waals surface area contributed by atoms with E-state index in [9.17, 15) is 9.18 Å². The van der Waals surface area contributed by atoms with Gasteiger partial charge in [-0.2, -0.15) is 0 Å². The normalized spacial score (nSPS) is 20.2. The van der Waals surface area contributed by atoms with Crippen molar-refractivity contribution in [2.24, 2.45) is 0 Å². The molecule has 150 valence electrons. The Labute approximate surface area is 168 Å². The van der Waals surface area contributed by atoms with Crippen molar-refractivity contribution < 1.29 is 13.9 Å². The van der Waals surface area contributed by atoms with Gasteiger partial charge < -0.3 is 15.0 Å². The molecule has 4 rings (SSSR count). The van der Waals surface area contributed by atoms with Gasteiger partial charge in [0, 0.05) is 36.0 Å². The molecule has 0 bridgehead atoms. The molecule has 0 spiro atoms. The first-order chi connectivity index (χ1) is 13.6. The molecule has 1 N–H and O–H groups in total. The molecule has 2 amide bonds. The number of likely N-dealkylation sites (tertiary alicyclic amines) is 1. The average Bonchev–Trinajstić information content (AvgIpc) is 3.11. The summed E-state index contributed by atoms with van der Waals surface area (Å²) in [6, 6.07) is 4.37. The number of urea groups is 1. The van der Waals surface area contributed by atoms with Crippen LogP contribution in [-0.2, 0) is 6.42 Å². The Morgan fingerprint density at radius 1 is 1.36 bits per heavy atom. The first-order valence-corrected chi connectivity index (χ1v) is 10.9. The van der Waals surface area contributed by atoms with Crippen LogP contribution in [0.5, 0.6) is 5.75 Å². The molecule has 0 saturated carbocycles. The fourth-order valence-electron chi connectivity index (χ4n) is 3.94. The van der Waals surface area contributed by atoms with Crippen molar-refractivity contribution in [3.8, 4) is 5.75 Å². The molecule has 1 aromatic heterocycles. The average molecular weight is 404 g/mol. The summed E-state index contributed by atoms with van der Waals surface area (Å²) in [5.41, 5.74) is 2.02. The van der Waals surface area contributed by atoms with E-state index in [1.165, 1.54) is 17.1 Å². The standard InChI is InChI=1S/C21H26FN3O2S/c1-2-16-13-28-20(23-16)14-7-9-25(10-8-14)21(26)24-18-4-3-11-27-19-12-15(22)5-6-17(18)19/h5-6,12-14,18H,2-4,7-11H2,1H3,(H,24,26). The molecule has 2 aliphatic rings. The summed E-state index contributed by atoms with van der Waals surface area (Å²) < 4.78 is 19.2. The highest BCUT2D eigenvalue weighted by Crippen LogP contribution is 2.33. The third-order valence-electron chi connectivity index (χ3n) is 5.61. The number of nitrogens with one attached hydrogen (secondary N) is 1. The zero-order valence-corrected chi connectivity index (χ0v) is 16.9. The van der Waals surface area contributed by atoms with Crippen molar-refractivity contribution in [3.05, 3.63) is 45.7 Å². The molecule has 1 unspecified atom stereocenters. The quantitative estimate of drug-likeness (QED) is 0.812. The fourth-order valence-corrected chi connectivity index (χ4v) is 5.01. The van der Waals surface area contributed by atoms with Crippen LogP contribution >= 0.6 is 11.3 Å². The second-order valence-electron chi connectivity index (χ2n) is 7.47. The summed E-state index contributed by atoms with van der Waals surface area (Å²) in [4.78, 5) is 19.4. The Morgan fingerprint density at radius 3 is 2.93 bits per heavy atom. The Kier molecular flexibility index (Phi) is 5.80. The number of rotatable bonds is 3. The minimum Gasteiger partial charge on any atom is -0.493 e. The van der Waals surface area contributed by atoms with Gasteiger partial charge in [-0.1, -0.05) is 13.0 Å². The van der Waals surface area contributed by atoms with E-state index in [4.69, 9.17) is 9.72 Å². The second kappa shape index (κ2) is 8.47. The van der Waals surface area contributed by atoms with E-state index >= 15 is 0 Å². The van der Waals surface area contributed by atoms with Crippen molar-refractivity contribution in [2.75, 3.05) is 19.7 Å². The minimum atomic E-state index is -0.318. The number of carbonyl (C=O) groups excluding carboxylic acids is 1. The molecule has 0 aliphatic carbocycles. The molecule has 2 aliphatic heterocycles.